The minimum absolute atomic E-state index is 0.220. The Balaban J connectivity index is 1.81. The highest BCUT2D eigenvalue weighted by molar-refractivity contribution is 6.04. The summed E-state index contributed by atoms with van der Waals surface area (Å²) in [6.45, 7) is 4.80. The Labute approximate surface area is 124 Å². The van der Waals surface area contributed by atoms with Crippen molar-refractivity contribution < 1.29 is 14.3 Å². The zero-order valence-electron chi connectivity index (χ0n) is 12.2. The van der Waals surface area contributed by atoms with Crippen LogP contribution in [0.2, 0.25) is 0 Å². The molecule has 0 unspecified atom stereocenters. The normalized spacial score (nSPS) is 16.5. The van der Waals surface area contributed by atoms with Crippen LogP contribution in [0.3, 0.4) is 0 Å². The van der Waals surface area contributed by atoms with Crippen molar-refractivity contribution in [1.82, 2.24) is 10.2 Å². The first-order valence-corrected chi connectivity index (χ1v) is 7.04. The van der Waals surface area contributed by atoms with Crippen molar-refractivity contribution in [1.29, 1.82) is 0 Å². The number of methoxy groups -OCH3 is 1. The van der Waals surface area contributed by atoms with Gasteiger partial charge in [0.15, 0.2) is 0 Å². The molecule has 0 atom stereocenters. The maximum Gasteiger partial charge on any atom is 0.291 e. The van der Waals surface area contributed by atoms with Gasteiger partial charge in [-0.25, -0.2) is 4.99 Å². The summed E-state index contributed by atoms with van der Waals surface area (Å²) in [4.78, 5) is 18.5. The molecule has 1 N–H and O–H groups in total. The lowest BCUT2D eigenvalue weighted by Crippen LogP contribution is -2.38. The first-order chi connectivity index (χ1) is 10.3. The second-order valence-corrected chi connectivity index (χ2v) is 4.67. The molecule has 1 heterocycles. The van der Waals surface area contributed by atoms with Gasteiger partial charge in [-0.1, -0.05) is 18.2 Å². The minimum Gasteiger partial charge on any atom is -0.468 e. The number of nitrogens with one attached hydrogen (secondary N) is 1. The van der Waals surface area contributed by atoms with Crippen LogP contribution in [-0.4, -0.2) is 63.3 Å². The number of amides is 1. The van der Waals surface area contributed by atoms with Crippen molar-refractivity contribution in [3.63, 3.8) is 0 Å². The summed E-state index contributed by atoms with van der Waals surface area (Å²) in [5, 5.41) is 2.67. The van der Waals surface area contributed by atoms with Gasteiger partial charge in [-0.2, -0.15) is 0 Å². The fraction of sp³-hybridized carbons (Fsp3) is 0.467. The van der Waals surface area contributed by atoms with Gasteiger partial charge in [0.2, 0.25) is 0 Å². The quantitative estimate of drug-likeness (QED) is 0.657. The zero-order chi connectivity index (χ0) is 14.9. The van der Waals surface area contributed by atoms with E-state index in [1.54, 1.807) is 12.1 Å². The number of hydrogen-bond donors (Lipinski definition) is 1. The van der Waals surface area contributed by atoms with E-state index in [0.29, 0.717) is 12.1 Å². The van der Waals surface area contributed by atoms with Gasteiger partial charge in [0, 0.05) is 25.2 Å². The highest BCUT2D eigenvalue weighted by Gasteiger charge is 2.11. The van der Waals surface area contributed by atoms with Crippen molar-refractivity contribution in [2.24, 2.45) is 4.99 Å². The summed E-state index contributed by atoms with van der Waals surface area (Å²) >= 11 is 0. The van der Waals surface area contributed by atoms with Crippen LogP contribution >= 0.6 is 0 Å². The summed E-state index contributed by atoms with van der Waals surface area (Å²) in [6, 6.07) is 9.24. The lowest BCUT2D eigenvalue weighted by molar-refractivity contribution is 0.0394. The molecule has 0 spiro atoms. The molecule has 1 fully saturated rings. The smallest absolute Gasteiger partial charge is 0.291 e. The van der Waals surface area contributed by atoms with E-state index in [1.165, 1.54) is 7.11 Å². The Kier molecular flexibility index (Phi) is 6.18. The SMILES string of the molecule is COC(=NCCN1CCOCC1)NC(=O)c1ccccc1. The number of amidine groups is 1. The number of hydrogen-bond acceptors (Lipinski definition) is 5. The van der Waals surface area contributed by atoms with E-state index in [2.05, 4.69) is 15.2 Å². The predicted octanol–water partition coefficient (Wildman–Crippen LogP) is 0.751. The number of benzene rings is 1. The number of ether oxygens (including phenoxy) is 2. The third kappa shape index (κ3) is 5.17. The van der Waals surface area contributed by atoms with Crippen molar-refractivity contribution >= 4 is 11.9 Å². The van der Waals surface area contributed by atoms with E-state index < -0.39 is 0 Å². The van der Waals surface area contributed by atoms with Crippen LogP contribution in [0.25, 0.3) is 0 Å². The van der Waals surface area contributed by atoms with Crippen LogP contribution < -0.4 is 5.32 Å². The van der Waals surface area contributed by atoms with E-state index in [9.17, 15) is 4.79 Å². The van der Waals surface area contributed by atoms with Crippen molar-refractivity contribution in [3.05, 3.63) is 35.9 Å². The molecule has 1 aromatic carbocycles. The fourth-order valence-electron chi connectivity index (χ4n) is 2.03. The molecule has 1 amide bonds. The largest absolute Gasteiger partial charge is 0.468 e. The number of rotatable bonds is 4. The molecule has 1 saturated heterocycles. The van der Waals surface area contributed by atoms with Crippen LogP contribution in [0.1, 0.15) is 10.4 Å². The maximum atomic E-state index is 12.0. The molecule has 0 saturated carbocycles. The fourth-order valence-corrected chi connectivity index (χ4v) is 2.03. The average Bonchev–Trinajstić information content (AvgIpc) is 2.55. The first kappa shape index (κ1) is 15.5. The van der Waals surface area contributed by atoms with Gasteiger partial charge in [0.05, 0.1) is 26.9 Å². The number of nitrogens with zero attached hydrogens (tertiary/aromatic N) is 2. The topological polar surface area (TPSA) is 63.2 Å². The molecule has 21 heavy (non-hydrogen) atoms. The van der Waals surface area contributed by atoms with Gasteiger partial charge in [0.25, 0.3) is 11.9 Å². The van der Waals surface area contributed by atoms with Crippen molar-refractivity contribution in [2.75, 3.05) is 46.5 Å². The molecule has 0 aromatic heterocycles. The van der Waals surface area contributed by atoms with Gasteiger partial charge >= 0.3 is 0 Å². The van der Waals surface area contributed by atoms with E-state index in [0.717, 1.165) is 32.8 Å². The molecule has 0 bridgehead atoms. The van der Waals surface area contributed by atoms with Gasteiger partial charge in [-0.3, -0.25) is 15.0 Å². The monoisotopic (exact) mass is 291 g/mol. The van der Waals surface area contributed by atoms with Crippen LogP contribution in [0, 0.1) is 0 Å². The standard InChI is InChI=1S/C15H21N3O3/c1-20-15(16-7-8-18-9-11-21-12-10-18)17-14(19)13-5-3-2-4-6-13/h2-6H,7-12H2,1H3,(H,16,17,19). The molecule has 114 valence electrons. The summed E-state index contributed by atoms with van der Waals surface area (Å²) < 4.78 is 10.4. The number of morpholine rings is 1. The maximum absolute atomic E-state index is 12.0. The second-order valence-electron chi connectivity index (χ2n) is 4.67. The molecule has 1 aliphatic heterocycles. The van der Waals surface area contributed by atoms with E-state index in [-0.39, 0.29) is 11.9 Å². The zero-order valence-corrected chi connectivity index (χ0v) is 12.2. The first-order valence-electron chi connectivity index (χ1n) is 7.04. The molecule has 1 aliphatic rings. The lowest BCUT2D eigenvalue weighted by atomic mass is 10.2. The van der Waals surface area contributed by atoms with Crippen molar-refractivity contribution in [2.45, 2.75) is 0 Å². The predicted molar refractivity (Wildman–Crippen MR) is 80.5 cm³/mol. The molecule has 0 aliphatic carbocycles. The summed E-state index contributed by atoms with van der Waals surface area (Å²) in [6.07, 6.45) is 0. The third-order valence-corrected chi connectivity index (χ3v) is 3.23. The molecular weight excluding hydrogens is 270 g/mol. The Bertz CT molecular complexity index is 470. The lowest BCUT2D eigenvalue weighted by Gasteiger charge is -2.25. The average molecular weight is 291 g/mol. The van der Waals surface area contributed by atoms with Crippen LogP contribution in [0.5, 0.6) is 0 Å². The van der Waals surface area contributed by atoms with Crippen molar-refractivity contribution in [3.8, 4) is 0 Å². The molecule has 1 aromatic rings. The van der Waals surface area contributed by atoms with E-state index in [1.807, 2.05) is 18.2 Å². The molecule has 2 rings (SSSR count). The molecule has 6 heteroatoms. The molecule has 6 nitrogen and oxygen atoms in total. The number of carbonyl (C=O) groups is 1. The van der Waals surface area contributed by atoms with E-state index in [4.69, 9.17) is 9.47 Å². The second kappa shape index (κ2) is 8.39. The van der Waals surface area contributed by atoms with Gasteiger partial charge in [0.1, 0.15) is 0 Å². The van der Waals surface area contributed by atoms with E-state index >= 15 is 0 Å². The highest BCUT2D eigenvalue weighted by Crippen LogP contribution is 1.99. The summed E-state index contributed by atoms with van der Waals surface area (Å²) in [7, 11) is 1.50. The van der Waals surface area contributed by atoms with Gasteiger partial charge < -0.3 is 9.47 Å². The summed E-state index contributed by atoms with van der Waals surface area (Å²) in [5.41, 5.74) is 0.579. The third-order valence-electron chi connectivity index (χ3n) is 3.23. The Morgan fingerprint density at radius 1 is 1.33 bits per heavy atom. The summed E-state index contributed by atoms with van der Waals surface area (Å²) in [5.74, 6) is -0.220. The molecular formula is C15H21N3O3. The Morgan fingerprint density at radius 2 is 2.05 bits per heavy atom. The Morgan fingerprint density at radius 3 is 2.71 bits per heavy atom. The Hall–Kier alpha value is -1.92. The highest BCUT2D eigenvalue weighted by atomic mass is 16.5. The number of carbonyl (C=O) groups excluding carboxylic acids is 1. The van der Waals surface area contributed by atoms with Crippen LogP contribution in [-0.2, 0) is 9.47 Å². The molecule has 0 radical (unpaired) electrons. The van der Waals surface area contributed by atoms with Gasteiger partial charge in [-0.15, -0.1) is 0 Å². The van der Waals surface area contributed by atoms with Crippen LogP contribution in [0.15, 0.2) is 35.3 Å². The van der Waals surface area contributed by atoms with Crippen LogP contribution in [0.4, 0.5) is 0 Å². The van der Waals surface area contributed by atoms with Gasteiger partial charge in [-0.05, 0) is 12.1 Å². The minimum atomic E-state index is -0.220. The number of aliphatic imine (C=N–C) groups is 1.